The first-order chi connectivity index (χ1) is 14.3. The fourth-order valence-electron chi connectivity index (χ4n) is 3.84. The molecule has 0 atom stereocenters. The fraction of sp³-hybridized carbons (Fsp3) is 0.364. The molecule has 2 aromatic carbocycles. The molecule has 1 aliphatic rings. The first kappa shape index (κ1) is 21.0. The van der Waals surface area contributed by atoms with E-state index in [2.05, 4.69) is 10.3 Å². The lowest BCUT2D eigenvalue weighted by Gasteiger charge is -2.30. The zero-order valence-electron chi connectivity index (χ0n) is 17.1. The number of fused-ring (bicyclic) bond motifs is 1. The highest BCUT2D eigenvalue weighted by atomic mass is 32.2. The predicted octanol–water partition coefficient (Wildman–Crippen LogP) is 4.81. The number of benzene rings is 2. The molecule has 1 saturated carbocycles. The average molecular weight is 444 g/mol. The van der Waals surface area contributed by atoms with Crippen LogP contribution in [0, 0.1) is 6.92 Å². The average Bonchev–Trinajstić information content (AvgIpc) is 3.15. The van der Waals surface area contributed by atoms with Crippen molar-refractivity contribution in [2.75, 3.05) is 12.4 Å². The standard InChI is InChI=1S/C22H25N3O3S2/c1-15-8-13-19-20(14-15)29-22(23-19)24-21(26)16-9-11-18(12-10-16)30(27,28)25(2)17-6-4-3-5-7-17/h8-14,17H,3-7H2,1-2H3,(H,23,24,26). The van der Waals surface area contributed by atoms with Gasteiger partial charge in [-0.2, -0.15) is 4.31 Å². The Balaban J connectivity index is 1.48. The second-order valence-electron chi connectivity index (χ2n) is 7.78. The molecule has 0 spiro atoms. The molecule has 1 heterocycles. The van der Waals surface area contributed by atoms with Crippen LogP contribution in [0.2, 0.25) is 0 Å². The van der Waals surface area contributed by atoms with Gasteiger partial charge in [-0.3, -0.25) is 10.1 Å². The Bertz CT molecular complexity index is 1160. The summed E-state index contributed by atoms with van der Waals surface area (Å²) in [6, 6.07) is 12.1. The van der Waals surface area contributed by atoms with Crippen molar-refractivity contribution in [2.24, 2.45) is 0 Å². The molecular formula is C22H25N3O3S2. The Kier molecular flexibility index (Phi) is 5.90. The van der Waals surface area contributed by atoms with Crippen molar-refractivity contribution in [2.45, 2.75) is 50.0 Å². The van der Waals surface area contributed by atoms with E-state index in [4.69, 9.17) is 0 Å². The predicted molar refractivity (Wildman–Crippen MR) is 121 cm³/mol. The highest BCUT2D eigenvalue weighted by molar-refractivity contribution is 7.89. The first-order valence-corrected chi connectivity index (χ1v) is 12.4. The van der Waals surface area contributed by atoms with Crippen LogP contribution in [0.15, 0.2) is 47.4 Å². The SMILES string of the molecule is Cc1ccc2nc(NC(=O)c3ccc(S(=O)(=O)N(C)C4CCCCC4)cc3)sc2c1. The van der Waals surface area contributed by atoms with Gasteiger partial charge in [0, 0.05) is 18.7 Å². The third-order valence-corrected chi connectivity index (χ3v) is 8.50. The second kappa shape index (κ2) is 8.45. The topological polar surface area (TPSA) is 79.4 Å². The minimum absolute atomic E-state index is 0.0504. The Morgan fingerprint density at radius 2 is 1.80 bits per heavy atom. The van der Waals surface area contributed by atoms with E-state index < -0.39 is 10.0 Å². The lowest BCUT2D eigenvalue weighted by molar-refractivity contribution is 0.102. The van der Waals surface area contributed by atoms with Gasteiger partial charge in [0.05, 0.1) is 15.1 Å². The van der Waals surface area contributed by atoms with Crippen molar-refractivity contribution in [3.63, 3.8) is 0 Å². The number of amides is 1. The van der Waals surface area contributed by atoms with E-state index in [1.807, 2.05) is 25.1 Å². The number of nitrogens with one attached hydrogen (secondary N) is 1. The minimum atomic E-state index is -3.57. The summed E-state index contributed by atoms with van der Waals surface area (Å²) >= 11 is 1.42. The molecule has 0 radical (unpaired) electrons. The van der Waals surface area contributed by atoms with Gasteiger partial charge >= 0.3 is 0 Å². The van der Waals surface area contributed by atoms with E-state index in [9.17, 15) is 13.2 Å². The summed E-state index contributed by atoms with van der Waals surface area (Å²) < 4.78 is 28.4. The molecule has 1 fully saturated rings. The third-order valence-electron chi connectivity index (χ3n) is 5.65. The molecule has 0 bridgehead atoms. The number of nitrogens with zero attached hydrogens (tertiary/aromatic N) is 2. The molecule has 1 N–H and O–H groups in total. The van der Waals surface area contributed by atoms with Gasteiger partial charge in [-0.25, -0.2) is 13.4 Å². The van der Waals surface area contributed by atoms with Crippen LogP contribution < -0.4 is 5.32 Å². The molecule has 30 heavy (non-hydrogen) atoms. The monoisotopic (exact) mass is 443 g/mol. The van der Waals surface area contributed by atoms with Gasteiger partial charge in [-0.15, -0.1) is 0 Å². The van der Waals surface area contributed by atoms with E-state index in [1.54, 1.807) is 19.2 Å². The van der Waals surface area contributed by atoms with Crippen molar-refractivity contribution >= 4 is 42.6 Å². The zero-order valence-corrected chi connectivity index (χ0v) is 18.7. The summed E-state index contributed by atoms with van der Waals surface area (Å²) in [6.07, 6.45) is 5.10. The summed E-state index contributed by atoms with van der Waals surface area (Å²) in [7, 11) is -1.92. The lowest BCUT2D eigenvalue weighted by Crippen LogP contribution is -2.38. The van der Waals surface area contributed by atoms with Gasteiger partial charge in [-0.1, -0.05) is 36.7 Å². The molecular weight excluding hydrogens is 418 g/mol. The molecule has 1 aliphatic carbocycles. The van der Waals surface area contributed by atoms with E-state index in [-0.39, 0.29) is 16.8 Å². The summed E-state index contributed by atoms with van der Waals surface area (Å²) in [4.78, 5) is 17.2. The largest absolute Gasteiger partial charge is 0.298 e. The number of hydrogen-bond donors (Lipinski definition) is 1. The van der Waals surface area contributed by atoms with Gasteiger partial charge in [0.25, 0.3) is 5.91 Å². The quantitative estimate of drug-likeness (QED) is 0.614. The van der Waals surface area contributed by atoms with Crippen molar-refractivity contribution in [3.8, 4) is 0 Å². The molecule has 1 aromatic heterocycles. The minimum Gasteiger partial charge on any atom is -0.298 e. The Morgan fingerprint density at radius 3 is 2.50 bits per heavy atom. The highest BCUT2D eigenvalue weighted by Gasteiger charge is 2.29. The molecule has 158 valence electrons. The molecule has 6 nitrogen and oxygen atoms in total. The van der Waals surface area contributed by atoms with Crippen LogP contribution in [0.3, 0.4) is 0 Å². The van der Waals surface area contributed by atoms with Crippen LogP contribution in [-0.4, -0.2) is 36.7 Å². The molecule has 0 aliphatic heterocycles. The van der Waals surface area contributed by atoms with Gasteiger partial charge in [0.15, 0.2) is 5.13 Å². The maximum atomic E-state index is 12.9. The Labute approximate surface area is 181 Å². The normalized spacial score (nSPS) is 15.6. The molecule has 3 aromatic rings. The third kappa shape index (κ3) is 4.26. The van der Waals surface area contributed by atoms with Crippen molar-refractivity contribution in [1.82, 2.24) is 9.29 Å². The fourth-order valence-corrected chi connectivity index (χ4v) is 6.22. The number of carbonyl (C=O) groups is 1. The van der Waals surface area contributed by atoms with E-state index >= 15 is 0 Å². The van der Waals surface area contributed by atoms with Crippen molar-refractivity contribution in [1.29, 1.82) is 0 Å². The number of aryl methyl sites for hydroxylation is 1. The van der Waals surface area contributed by atoms with Crippen LogP contribution in [0.5, 0.6) is 0 Å². The highest BCUT2D eigenvalue weighted by Crippen LogP contribution is 2.28. The van der Waals surface area contributed by atoms with Crippen molar-refractivity contribution < 1.29 is 13.2 Å². The van der Waals surface area contributed by atoms with Gasteiger partial charge in [0.1, 0.15) is 0 Å². The summed E-state index contributed by atoms with van der Waals surface area (Å²) in [5, 5.41) is 3.33. The van der Waals surface area contributed by atoms with Crippen molar-refractivity contribution in [3.05, 3.63) is 53.6 Å². The van der Waals surface area contributed by atoms with E-state index in [1.165, 1.54) is 34.2 Å². The van der Waals surface area contributed by atoms with Crippen LogP contribution in [0.4, 0.5) is 5.13 Å². The van der Waals surface area contributed by atoms with Crippen LogP contribution in [-0.2, 0) is 10.0 Å². The maximum Gasteiger partial charge on any atom is 0.257 e. The first-order valence-electron chi connectivity index (χ1n) is 10.1. The van der Waals surface area contributed by atoms with Crippen LogP contribution >= 0.6 is 11.3 Å². The summed E-state index contributed by atoms with van der Waals surface area (Å²) in [5.41, 5.74) is 2.37. The van der Waals surface area contributed by atoms with Gasteiger partial charge < -0.3 is 0 Å². The number of anilines is 1. The molecule has 0 unspecified atom stereocenters. The van der Waals surface area contributed by atoms with Gasteiger partial charge in [-0.05, 0) is 61.7 Å². The number of thiazole rings is 1. The Hall–Kier alpha value is -2.29. The number of aromatic nitrogens is 1. The zero-order chi connectivity index (χ0) is 21.3. The number of hydrogen-bond acceptors (Lipinski definition) is 5. The molecule has 4 rings (SSSR count). The summed E-state index contributed by atoms with van der Waals surface area (Å²) in [6.45, 7) is 2.01. The molecule has 0 saturated heterocycles. The van der Waals surface area contributed by atoms with Crippen LogP contribution in [0.1, 0.15) is 48.0 Å². The summed E-state index contributed by atoms with van der Waals surface area (Å²) in [5.74, 6) is -0.310. The number of carbonyl (C=O) groups excluding carboxylic acids is 1. The number of rotatable bonds is 5. The van der Waals surface area contributed by atoms with Crippen LogP contribution in [0.25, 0.3) is 10.2 Å². The number of sulfonamides is 1. The van der Waals surface area contributed by atoms with E-state index in [0.29, 0.717) is 10.7 Å². The van der Waals surface area contributed by atoms with Gasteiger partial charge in [0.2, 0.25) is 10.0 Å². The smallest absolute Gasteiger partial charge is 0.257 e. The second-order valence-corrected chi connectivity index (χ2v) is 10.8. The Morgan fingerprint density at radius 1 is 1.10 bits per heavy atom. The van der Waals surface area contributed by atoms with E-state index in [0.717, 1.165) is 41.5 Å². The molecule has 8 heteroatoms. The lowest BCUT2D eigenvalue weighted by atomic mass is 9.96. The maximum absolute atomic E-state index is 12.9. The molecule has 1 amide bonds.